The summed E-state index contributed by atoms with van der Waals surface area (Å²) in [6.45, 7) is 3.35. The molecule has 1 aliphatic heterocycles. The molecule has 11 heteroatoms. The average Bonchev–Trinajstić information content (AvgIpc) is 3.31. The van der Waals surface area contributed by atoms with Crippen LogP contribution in [0.2, 0.25) is 0 Å². The Morgan fingerprint density at radius 1 is 1.40 bits per heavy atom. The maximum absolute atomic E-state index is 13.2. The van der Waals surface area contributed by atoms with E-state index in [1.165, 1.54) is 29.3 Å². The summed E-state index contributed by atoms with van der Waals surface area (Å²) in [6, 6.07) is 1.64. The fourth-order valence-corrected chi connectivity index (χ4v) is 8.31. The second-order valence-corrected chi connectivity index (χ2v) is 11.9. The van der Waals surface area contributed by atoms with Gasteiger partial charge in [-0.2, -0.15) is 0 Å². The molecule has 3 rings (SSSR count). The van der Waals surface area contributed by atoms with Crippen molar-refractivity contribution >= 4 is 61.8 Å². The largest absolute Gasteiger partial charge is 0.465 e. The van der Waals surface area contributed by atoms with Crippen LogP contribution in [0.4, 0.5) is 5.69 Å². The van der Waals surface area contributed by atoms with E-state index >= 15 is 0 Å². The number of ether oxygens (including phenoxy) is 1. The van der Waals surface area contributed by atoms with Crippen LogP contribution in [-0.4, -0.2) is 57.4 Å². The third-order valence-corrected chi connectivity index (χ3v) is 9.70. The van der Waals surface area contributed by atoms with Gasteiger partial charge in [-0.3, -0.25) is 9.69 Å². The van der Waals surface area contributed by atoms with E-state index in [0.717, 1.165) is 30.6 Å². The Morgan fingerprint density at radius 2 is 2.13 bits per heavy atom. The lowest BCUT2D eigenvalue weighted by Crippen LogP contribution is -2.45. The van der Waals surface area contributed by atoms with E-state index in [4.69, 9.17) is 4.74 Å². The molecule has 0 spiro atoms. The topological polar surface area (TPSA) is 92.8 Å². The van der Waals surface area contributed by atoms with E-state index in [9.17, 15) is 18.0 Å². The number of nitrogens with one attached hydrogen (secondary N) is 1. The zero-order chi connectivity index (χ0) is 22.1. The highest BCUT2D eigenvalue weighted by atomic mass is 32.2. The number of methoxy groups -OCH3 is 1. The van der Waals surface area contributed by atoms with Gasteiger partial charge < -0.3 is 10.1 Å². The van der Waals surface area contributed by atoms with Crippen molar-refractivity contribution in [2.24, 2.45) is 0 Å². The standard InChI is InChI=1S/C19H24N2O5S4/c1-5-12(21-8-6-13-11(10-21)7-9-28-13)17(22)20-14-15(18(23)26-2)29-19(27-3)16(14)30(4,24)25/h7,9,12H,5-6,8,10H2,1-4H3,(H,20,22). The van der Waals surface area contributed by atoms with Crippen LogP contribution in [0.5, 0.6) is 0 Å². The Hall–Kier alpha value is -1.40. The summed E-state index contributed by atoms with van der Waals surface area (Å²) in [4.78, 5) is 29.0. The molecule has 3 heterocycles. The zero-order valence-corrected chi connectivity index (χ0v) is 20.4. The summed E-state index contributed by atoms with van der Waals surface area (Å²) in [6.07, 6.45) is 4.25. The molecule has 164 valence electrons. The van der Waals surface area contributed by atoms with Crippen LogP contribution in [0.25, 0.3) is 0 Å². The van der Waals surface area contributed by atoms with Gasteiger partial charge in [0.25, 0.3) is 0 Å². The summed E-state index contributed by atoms with van der Waals surface area (Å²) in [5.74, 6) is -0.994. The van der Waals surface area contributed by atoms with Crippen molar-refractivity contribution in [1.29, 1.82) is 0 Å². The normalized spacial score (nSPS) is 15.5. The number of amides is 1. The number of esters is 1. The van der Waals surface area contributed by atoms with Gasteiger partial charge in [0.1, 0.15) is 9.77 Å². The van der Waals surface area contributed by atoms with Crippen molar-refractivity contribution in [3.8, 4) is 0 Å². The van der Waals surface area contributed by atoms with E-state index in [-0.39, 0.29) is 21.4 Å². The van der Waals surface area contributed by atoms with Crippen LogP contribution in [-0.2, 0) is 32.3 Å². The lowest BCUT2D eigenvalue weighted by Gasteiger charge is -2.33. The van der Waals surface area contributed by atoms with Gasteiger partial charge in [-0.25, -0.2) is 13.2 Å². The molecule has 1 amide bonds. The third-order valence-electron chi connectivity index (χ3n) is 4.98. The first-order chi connectivity index (χ1) is 14.2. The van der Waals surface area contributed by atoms with Gasteiger partial charge in [-0.05, 0) is 36.1 Å². The van der Waals surface area contributed by atoms with Gasteiger partial charge in [0.2, 0.25) is 5.91 Å². The summed E-state index contributed by atoms with van der Waals surface area (Å²) < 4.78 is 30.2. The number of sulfone groups is 1. The van der Waals surface area contributed by atoms with Crippen molar-refractivity contribution in [3.05, 3.63) is 26.8 Å². The number of nitrogens with zero attached hydrogens (tertiary/aromatic N) is 1. The Labute approximate surface area is 188 Å². The van der Waals surface area contributed by atoms with Gasteiger partial charge in [0.15, 0.2) is 9.84 Å². The van der Waals surface area contributed by atoms with E-state index in [2.05, 4.69) is 21.7 Å². The number of thioether (sulfide) groups is 1. The van der Waals surface area contributed by atoms with E-state index in [1.807, 2.05) is 6.92 Å². The summed E-state index contributed by atoms with van der Waals surface area (Å²) in [5.41, 5.74) is 1.25. The Kier molecular flexibility index (Phi) is 7.28. The van der Waals surface area contributed by atoms with E-state index < -0.39 is 21.8 Å². The number of anilines is 1. The molecule has 0 saturated carbocycles. The number of fused-ring (bicyclic) bond motifs is 1. The van der Waals surface area contributed by atoms with Crippen LogP contribution in [0.3, 0.4) is 0 Å². The molecule has 2 aromatic rings. The molecule has 2 aromatic heterocycles. The molecule has 0 bridgehead atoms. The molecule has 7 nitrogen and oxygen atoms in total. The van der Waals surface area contributed by atoms with Crippen molar-refractivity contribution in [1.82, 2.24) is 4.90 Å². The SMILES string of the molecule is CCC(C(=O)Nc1c(C(=O)OC)sc(SC)c1S(C)(=O)=O)N1CCc2sccc2C1. The molecule has 0 fully saturated rings. The molecule has 0 radical (unpaired) electrons. The Morgan fingerprint density at radius 3 is 2.73 bits per heavy atom. The Bertz CT molecular complexity index is 1060. The second-order valence-electron chi connectivity index (χ2n) is 6.89. The first kappa shape index (κ1) is 23.3. The molecular formula is C19H24N2O5S4. The van der Waals surface area contributed by atoms with Crippen molar-refractivity contribution in [2.75, 3.05) is 31.5 Å². The summed E-state index contributed by atoms with van der Waals surface area (Å²) >= 11 is 3.96. The van der Waals surface area contributed by atoms with Gasteiger partial charge in [-0.1, -0.05) is 6.92 Å². The molecule has 1 unspecified atom stereocenters. The fraction of sp³-hybridized carbons (Fsp3) is 0.474. The van der Waals surface area contributed by atoms with Crippen LogP contribution < -0.4 is 5.32 Å². The van der Waals surface area contributed by atoms with Crippen LogP contribution in [0.1, 0.15) is 33.5 Å². The third kappa shape index (κ3) is 4.59. The summed E-state index contributed by atoms with van der Waals surface area (Å²) in [5, 5.41) is 4.82. The predicted octanol–water partition coefficient (Wildman–Crippen LogP) is 3.50. The molecule has 1 aliphatic rings. The molecule has 1 N–H and O–H groups in total. The van der Waals surface area contributed by atoms with Gasteiger partial charge >= 0.3 is 5.97 Å². The number of carbonyl (C=O) groups is 2. The number of hydrogen-bond acceptors (Lipinski definition) is 9. The number of carbonyl (C=O) groups excluding carboxylic acids is 2. The maximum atomic E-state index is 13.2. The van der Waals surface area contributed by atoms with Crippen LogP contribution in [0.15, 0.2) is 20.6 Å². The lowest BCUT2D eigenvalue weighted by atomic mass is 10.1. The van der Waals surface area contributed by atoms with E-state index in [0.29, 0.717) is 17.2 Å². The summed E-state index contributed by atoms with van der Waals surface area (Å²) in [7, 11) is -2.45. The van der Waals surface area contributed by atoms with Crippen molar-refractivity contribution in [3.63, 3.8) is 0 Å². The number of hydrogen-bond donors (Lipinski definition) is 1. The van der Waals surface area contributed by atoms with Crippen LogP contribution >= 0.6 is 34.4 Å². The highest BCUT2D eigenvalue weighted by molar-refractivity contribution is 8.01. The van der Waals surface area contributed by atoms with Gasteiger partial charge in [-0.15, -0.1) is 34.4 Å². The lowest BCUT2D eigenvalue weighted by molar-refractivity contribution is -0.121. The smallest absolute Gasteiger partial charge is 0.350 e. The Balaban J connectivity index is 1.95. The maximum Gasteiger partial charge on any atom is 0.350 e. The minimum Gasteiger partial charge on any atom is -0.465 e. The minimum absolute atomic E-state index is 0.0235. The highest BCUT2D eigenvalue weighted by Gasteiger charge is 2.33. The number of thiophene rings is 2. The predicted molar refractivity (Wildman–Crippen MR) is 122 cm³/mol. The molecule has 0 aromatic carbocycles. The molecule has 0 aliphatic carbocycles. The molecule has 0 saturated heterocycles. The van der Waals surface area contributed by atoms with Gasteiger partial charge in [0.05, 0.1) is 23.0 Å². The van der Waals surface area contributed by atoms with Gasteiger partial charge in [0, 0.05) is 24.2 Å². The van der Waals surface area contributed by atoms with Crippen molar-refractivity contribution in [2.45, 2.75) is 41.5 Å². The quantitative estimate of drug-likeness (QED) is 0.471. The van der Waals surface area contributed by atoms with Crippen molar-refractivity contribution < 1.29 is 22.7 Å². The van der Waals surface area contributed by atoms with E-state index in [1.54, 1.807) is 17.6 Å². The first-order valence-electron chi connectivity index (χ1n) is 9.30. The highest BCUT2D eigenvalue weighted by Crippen LogP contribution is 2.42. The second kappa shape index (κ2) is 9.39. The number of rotatable bonds is 7. The molecular weight excluding hydrogens is 464 g/mol. The fourth-order valence-electron chi connectivity index (χ4n) is 3.57. The first-order valence-corrected chi connectivity index (χ1v) is 14.1. The zero-order valence-electron chi connectivity index (χ0n) is 17.2. The van der Waals surface area contributed by atoms with Crippen LogP contribution in [0, 0.1) is 0 Å². The minimum atomic E-state index is -3.68. The monoisotopic (exact) mass is 488 g/mol. The average molecular weight is 489 g/mol. The molecule has 1 atom stereocenters. The molecule has 30 heavy (non-hydrogen) atoms.